The van der Waals surface area contributed by atoms with Crippen LogP contribution in [-0.4, -0.2) is 7.11 Å². The molecule has 2 nitrogen and oxygen atoms in total. The third-order valence-corrected chi connectivity index (χ3v) is 4.22. The van der Waals surface area contributed by atoms with Gasteiger partial charge in [0.1, 0.15) is 5.75 Å². The van der Waals surface area contributed by atoms with E-state index in [2.05, 4.69) is 67.1 Å². The van der Waals surface area contributed by atoms with Gasteiger partial charge in [-0.2, -0.15) is 0 Å². The van der Waals surface area contributed by atoms with Crippen LogP contribution in [0.4, 0.5) is 5.69 Å². The maximum absolute atomic E-state index is 5.48. The zero-order valence-electron chi connectivity index (χ0n) is 13.3. The molecule has 0 aliphatic rings. The van der Waals surface area contributed by atoms with E-state index in [0.29, 0.717) is 0 Å². The molecule has 0 fully saturated rings. The summed E-state index contributed by atoms with van der Waals surface area (Å²) >= 11 is 3.51. The Bertz CT molecular complexity index is 642. The van der Waals surface area contributed by atoms with Crippen molar-refractivity contribution in [1.29, 1.82) is 0 Å². The van der Waals surface area contributed by atoms with Gasteiger partial charge in [-0.05, 0) is 62.1 Å². The van der Waals surface area contributed by atoms with Crippen LogP contribution in [0.3, 0.4) is 0 Å². The molecule has 0 aliphatic heterocycles. The van der Waals surface area contributed by atoms with Crippen LogP contribution in [0.2, 0.25) is 0 Å². The molecule has 0 radical (unpaired) electrons. The van der Waals surface area contributed by atoms with E-state index in [-0.39, 0.29) is 0 Å². The van der Waals surface area contributed by atoms with E-state index in [0.717, 1.165) is 22.5 Å². The van der Waals surface area contributed by atoms with Gasteiger partial charge in [-0.1, -0.05) is 33.6 Å². The molecule has 0 amide bonds. The van der Waals surface area contributed by atoms with E-state index in [1.807, 2.05) is 6.07 Å². The molecule has 1 N–H and O–H groups in total. The van der Waals surface area contributed by atoms with Crippen LogP contribution >= 0.6 is 15.9 Å². The number of hydrogen-bond acceptors (Lipinski definition) is 2. The molecule has 2 aromatic rings. The molecule has 21 heavy (non-hydrogen) atoms. The number of methoxy groups -OCH3 is 1. The maximum atomic E-state index is 5.48. The number of rotatable bonds is 4. The largest absolute Gasteiger partial charge is 0.495 e. The lowest BCUT2D eigenvalue weighted by Crippen LogP contribution is -2.06. The topological polar surface area (TPSA) is 21.3 Å². The van der Waals surface area contributed by atoms with Crippen molar-refractivity contribution in [2.75, 3.05) is 12.4 Å². The Balaban J connectivity index is 2.29. The van der Waals surface area contributed by atoms with Gasteiger partial charge in [-0.3, -0.25) is 0 Å². The first kappa shape index (κ1) is 15.9. The molecular weight excluding hydrogens is 326 g/mol. The SMILES string of the molecule is COc1cc(Br)cc(C)c1NCc1c(C)cc(C)cc1C. The average Bonchev–Trinajstić information content (AvgIpc) is 2.38. The number of halogens is 1. The van der Waals surface area contributed by atoms with Crippen LogP contribution in [0.5, 0.6) is 5.75 Å². The van der Waals surface area contributed by atoms with E-state index in [1.165, 1.54) is 27.8 Å². The van der Waals surface area contributed by atoms with E-state index in [4.69, 9.17) is 4.74 Å². The zero-order valence-corrected chi connectivity index (χ0v) is 14.9. The Kier molecular flexibility index (Phi) is 4.94. The van der Waals surface area contributed by atoms with Gasteiger partial charge >= 0.3 is 0 Å². The third kappa shape index (κ3) is 3.59. The monoisotopic (exact) mass is 347 g/mol. The fraction of sp³-hybridized carbons (Fsp3) is 0.333. The van der Waals surface area contributed by atoms with Gasteiger partial charge in [0, 0.05) is 11.0 Å². The van der Waals surface area contributed by atoms with Crippen molar-refractivity contribution in [3.63, 3.8) is 0 Å². The summed E-state index contributed by atoms with van der Waals surface area (Å²) in [5.74, 6) is 0.865. The highest BCUT2D eigenvalue weighted by Gasteiger charge is 2.10. The van der Waals surface area contributed by atoms with E-state index >= 15 is 0 Å². The number of benzene rings is 2. The lowest BCUT2D eigenvalue weighted by Gasteiger charge is -2.17. The van der Waals surface area contributed by atoms with Crippen molar-refractivity contribution in [3.8, 4) is 5.75 Å². The molecule has 0 saturated carbocycles. The first-order valence-corrected chi connectivity index (χ1v) is 7.86. The quantitative estimate of drug-likeness (QED) is 0.809. The number of anilines is 1. The third-order valence-electron chi connectivity index (χ3n) is 3.77. The highest BCUT2D eigenvalue weighted by atomic mass is 79.9. The molecule has 0 spiro atoms. The summed E-state index contributed by atoms with van der Waals surface area (Å²) in [7, 11) is 1.70. The molecular formula is C18H22BrNO. The van der Waals surface area contributed by atoms with E-state index in [9.17, 15) is 0 Å². The minimum atomic E-state index is 0.802. The Labute approximate surface area is 135 Å². The number of ether oxygens (including phenoxy) is 1. The van der Waals surface area contributed by atoms with Crippen molar-refractivity contribution >= 4 is 21.6 Å². The molecule has 0 bridgehead atoms. The summed E-state index contributed by atoms with van der Waals surface area (Å²) in [6.07, 6.45) is 0. The van der Waals surface area contributed by atoms with Gasteiger partial charge in [-0.25, -0.2) is 0 Å². The molecule has 0 atom stereocenters. The second-order valence-electron chi connectivity index (χ2n) is 5.53. The number of aryl methyl sites for hydroxylation is 4. The van der Waals surface area contributed by atoms with Crippen LogP contribution < -0.4 is 10.1 Å². The average molecular weight is 348 g/mol. The molecule has 2 rings (SSSR count). The summed E-state index contributed by atoms with van der Waals surface area (Å²) in [4.78, 5) is 0. The van der Waals surface area contributed by atoms with Gasteiger partial charge in [0.05, 0.1) is 12.8 Å². The zero-order chi connectivity index (χ0) is 15.6. The summed E-state index contributed by atoms with van der Waals surface area (Å²) in [6.45, 7) is 9.37. The van der Waals surface area contributed by atoms with Crippen molar-refractivity contribution in [2.24, 2.45) is 0 Å². The Hall–Kier alpha value is -1.48. The van der Waals surface area contributed by atoms with Crippen molar-refractivity contribution in [2.45, 2.75) is 34.2 Å². The van der Waals surface area contributed by atoms with Gasteiger partial charge in [0.15, 0.2) is 0 Å². The van der Waals surface area contributed by atoms with Crippen LogP contribution in [0.1, 0.15) is 27.8 Å². The lowest BCUT2D eigenvalue weighted by molar-refractivity contribution is 0.416. The predicted octanol–water partition coefficient (Wildman–Crippen LogP) is 5.30. The van der Waals surface area contributed by atoms with Crippen LogP contribution in [0.25, 0.3) is 0 Å². The van der Waals surface area contributed by atoms with E-state index < -0.39 is 0 Å². The van der Waals surface area contributed by atoms with Crippen LogP contribution in [0, 0.1) is 27.7 Å². The standard InChI is InChI=1S/C18H22BrNO/c1-11-6-12(2)16(13(3)7-11)10-20-18-14(4)8-15(19)9-17(18)21-5/h6-9,20H,10H2,1-5H3. The predicted molar refractivity (Wildman–Crippen MR) is 93.4 cm³/mol. The molecule has 0 aliphatic carbocycles. The van der Waals surface area contributed by atoms with Crippen LogP contribution in [-0.2, 0) is 6.54 Å². The van der Waals surface area contributed by atoms with Gasteiger partial charge in [0.25, 0.3) is 0 Å². The molecule has 0 unspecified atom stereocenters. The first-order valence-electron chi connectivity index (χ1n) is 7.07. The smallest absolute Gasteiger partial charge is 0.143 e. The lowest BCUT2D eigenvalue weighted by atomic mass is 9.99. The van der Waals surface area contributed by atoms with Crippen molar-refractivity contribution in [1.82, 2.24) is 0 Å². The first-order chi connectivity index (χ1) is 9.92. The van der Waals surface area contributed by atoms with E-state index in [1.54, 1.807) is 7.11 Å². The number of nitrogens with one attached hydrogen (secondary N) is 1. The molecule has 0 aromatic heterocycles. The minimum absolute atomic E-state index is 0.802. The second-order valence-corrected chi connectivity index (χ2v) is 6.45. The Morgan fingerprint density at radius 3 is 2.14 bits per heavy atom. The fourth-order valence-corrected chi connectivity index (χ4v) is 3.32. The maximum Gasteiger partial charge on any atom is 0.143 e. The molecule has 112 valence electrons. The fourth-order valence-electron chi connectivity index (χ4n) is 2.77. The minimum Gasteiger partial charge on any atom is -0.495 e. The normalized spacial score (nSPS) is 10.6. The van der Waals surface area contributed by atoms with Gasteiger partial charge in [0.2, 0.25) is 0 Å². The van der Waals surface area contributed by atoms with Crippen LogP contribution in [0.15, 0.2) is 28.7 Å². The summed E-state index contributed by atoms with van der Waals surface area (Å²) in [5.41, 5.74) is 7.54. The molecule has 2 aromatic carbocycles. The summed E-state index contributed by atoms with van der Waals surface area (Å²) in [5, 5.41) is 3.53. The highest BCUT2D eigenvalue weighted by Crippen LogP contribution is 2.32. The molecule has 3 heteroatoms. The Morgan fingerprint density at radius 2 is 1.57 bits per heavy atom. The van der Waals surface area contributed by atoms with Crippen molar-refractivity contribution < 1.29 is 4.74 Å². The summed E-state index contributed by atoms with van der Waals surface area (Å²) in [6, 6.07) is 8.55. The highest BCUT2D eigenvalue weighted by molar-refractivity contribution is 9.10. The Morgan fingerprint density at radius 1 is 0.952 bits per heavy atom. The number of hydrogen-bond donors (Lipinski definition) is 1. The van der Waals surface area contributed by atoms with Crippen molar-refractivity contribution in [3.05, 3.63) is 56.6 Å². The van der Waals surface area contributed by atoms with Gasteiger partial charge in [-0.15, -0.1) is 0 Å². The molecule has 0 saturated heterocycles. The summed E-state index contributed by atoms with van der Waals surface area (Å²) < 4.78 is 6.52. The second kappa shape index (κ2) is 6.52. The van der Waals surface area contributed by atoms with Gasteiger partial charge < -0.3 is 10.1 Å². The molecule has 0 heterocycles.